The van der Waals surface area contributed by atoms with Crippen LogP contribution in [0.2, 0.25) is 0 Å². The number of carbonyl (C=O) groups is 1. The van der Waals surface area contributed by atoms with E-state index >= 15 is 0 Å². The highest BCUT2D eigenvalue weighted by Gasteiger charge is 2.44. The molecule has 1 saturated heterocycles. The molecule has 1 aromatic heterocycles. The monoisotopic (exact) mass is 682 g/mol. The van der Waals surface area contributed by atoms with Crippen LogP contribution in [0.3, 0.4) is 0 Å². The number of aliphatic hydroxyl groups excluding tert-OH is 7. The molecule has 5 unspecified atom stereocenters. The lowest BCUT2D eigenvalue weighted by Crippen LogP contribution is -2.47. The van der Waals surface area contributed by atoms with Gasteiger partial charge in [0.1, 0.15) is 36.6 Å². The van der Waals surface area contributed by atoms with Crippen LogP contribution in [0, 0.1) is 0 Å². The first-order valence-corrected chi connectivity index (χ1v) is 15.2. The Morgan fingerprint density at radius 3 is 1.88 bits per heavy atom. The van der Waals surface area contributed by atoms with Gasteiger partial charge in [-0.05, 0) is 0 Å². The van der Waals surface area contributed by atoms with E-state index < -0.39 is 96.9 Å². The van der Waals surface area contributed by atoms with Gasteiger partial charge in [-0.1, -0.05) is 0 Å². The number of ether oxygens (including phenoxy) is 1. The minimum absolute atomic E-state index is 0.274. The molecular formula is C15H29N2O22P3. The van der Waals surface area contributed by atoms with Crippen molar-refractivity contribution in [2.75, 3.05) is 13.2 Å². The molecule has 0 aromatic carbocycles. The predicted octanol–water partition coefficient (Wildman–Crippen LogP) is -6.93. The Kier molecular flexibility index (Phi) is 16.4. The van der Waals surface area contributed by atoms with Gasteiger partial charge in [0.05, 0.1) is 13.2 Å². The second-order valence-corrected chi connectivity index (χ2v) is 11.5. The van der Waals surface area contributed by atoms with Crippen molar-refractivity contribution >= 4 is 29.8 Å². The van der Waals surface area contributed by atoms with E-state index in [1.54, 1.807) is 0 Å². The molecule has 0 bridgehead atoms. The Morgan fingerprint density at radius 1 is 0.976 bits per heavy atom. The summed E-state index contributed by atoms with van der Waals surface area (Å²) in [6, 6.07) is 1.09. The summed E-state index contributed by atoms with van der Waals surface area (Å²) in [6.07, 6.45) is -12.4. The highest BCUT2D eigenvalue weighted by molar-refractivity contribution is 7.60. The fourth-order valence-corrected chi connectivity index (χ4v) is 4.45. The van der Waals surface area contributed by atoms with Crippen molar-refractivity contribution in [2.24, 2.45) is 0 Å². The number of H-pyrrole nitrogens is 1. The number of aromatic amines is 1. The molecule has 0 aliphatic carbocycles. The Bertz CT molecular complexity index is 1230. The molecule has 1 fully saturated rings. The van der Waals surface area contributed by atoms with E-state index in [-0.39, 0.29) is 6.29 Å². The first-order valence-electron chi connectivity index (χ1n) is 10.6. The minimum atomic E-state index is -5.43. The van der Waals surface area contributed by atoms with E-state index in [4.69, 9.17) is 54.0 Å². The molecule has 0 spiro atoms. The van der Waals surface area contributed by atoms with Gasteiger partial charge in [0.25, 0.3) is 5.56 Å². The molecule has 42 heavy (non-hydrogen) atoms. The number of nitrogens with one attached hydrogen (secondary N) is 1. The van der Waals surface area contributed by atoms with Crippen LogP contribution in [0.15, 0.2) is 21.9 Å². The average Bonchev–Trinajstić information content (AvgIpc) is 3.12. The van der Waals surface area contributed by atoms with Crippen molar-refractivity contribution in [3.05, 3.63) is 33.1 Å². The third-order valence-corrected chi connectivity index (χ3v) is 6.70. The summed E-state index contributed by atoms with van der Waals surface area (Å²) >= 11 is 0. The molecule has 24 nitrogen and oxygen atoms in total. The van der Waals surface area contributed by atoms with Gasteiger partial charge >= 0.3 is 29.2 Å². The molecule has 2 heterocycles. The van der Waals surface area contributed by atoms with Crippen LogP contribution >= 0.6 is 23.5 Å². The smallest absolute Gasteiger partial charge is 0.394 e. The number of aldehydes is 1. The van der Waals surface area contributed by atoms with E-state index in [1.807, 2.05) is 4.98 Å². The largest absolute Gasteiger partial charge is 0.481 e. The average molecular weight is 682 g/mol. The third-order valence-electron chi connectivity index (χ3n) is 4.51. The maximum absolute atomic E-state index is 11.4. The van der Waals surface area contributed by atoms with Crippen molar-refractivity contribution in [2.45, 2.75) is 49.0 Å². The second kappa shape index (κ2) is 17.0. The van der Waals surface area contributed by atoms with Gasteiger partial charge in [-0.15, -0.1) is 0 Å². The van der Waals surface area contributed by atoms with Gasteiger partial charge in [-0.2, -0.15) is 4.31 Å². The highest BCUT2D eigenvalue weighted by atomic mass is 31.3. The number of aromatic nitrogens is 2. The fraction of sp³-hybridized carbons (Fsp3) is 0.667. The SMILES string of the molecule is O=CC(OP(=O)(O)OP(=O)(O)O)C(O)C(O)C(O)CO.O=P(O)(O)O.O=c1ccn([C@@H]2O[C@H](CO)[C@@H](O)[C@H]2O)c(=O)[nH]1. The van der Waals surface area contributed by atoms with Gasteiger partial charge in [0.2, 0.25) is 0 Å². The van der Waals surface area contributed by atoms with E-state index in [9.17, 15) is 43.9 Å². The minimum Gasteiger partial charge on any atom is -0.394 e. The summed E-state index contributed by atoms with van der Waals surface area (Å²) < 4.78 is 43.8. The lowest BCUT2D eigenvalue weighted by Gasteiger charge is -2.26. The zero-order valence-corrected chi connectivity index (χ0v) is 23.2. The maximum atomic E-state index is 11.4. The number of phosphoric ester groups is 1. The number of hydrogen-bond acceptors (Lipinski definition) is 16. The Balaban J connectivity index is 0.000000694. The van der Waals surface area contributed by atoms with Crippen molar-refractivity contribution in [3.8, 4) is 0 Å². The number of carbonyl (C=O) groups excluding carboxylic acids is 1. The Hall–Kier alpha value is -1.60. The molecule has 1 aliphatic heterocycles. The van der Waals surface area contributed by atoms with E-state index in [0.717, 1.165) is 16.8 Å². The summed E-state index contributed by atoms with van der Waals surface area (Å²) in [5.74, 6) is 0. The van der Waals surface area contributed by atoms with E-state index in [1.165, 1.54) is 0 Å². The maximum Gasteiger partial charge on any atom is 0.481 e. The summed E-state index contributed by atoms with van der Waals surface area (Å²) in [5.41, 5.74) is -1.33. The molecule has 246 valence electrons. The Labute approximate surface area is 232 Å². The van der Waals surface area contributed by atoms with Gasteiger partial charge in [0.15, 0.2) is 18.6 Å². The van der Waals surface area contributed by atoms with Crippen LogP contribution in [0.5, 0.6) is 0 Å². The summed E-state index contributed by atoms with van der Waals surface area (Å²) in [5, 5.41) is 64.2. The van der Waals surface area contributed by atoms with Gasteiger partial charge in [-0.25, -0.2) is 18.5 Å². The summed E-state index contributed by atoms with van der Waals surface area (Å²) in [7, 11) is -15.5. The van der Waals surface area contributed by atoms with Gasteiger partial charge in [-0.3, -0.25) is 18.9 Å². The fourth-order valence-electron chi connectivity index (χ4n) is 2.74. The standard InChI is InChI=1S/C9H12N2O6.C6H14O12P2.H3O4P/c12-3-4-6(14)7(15)8(17-4)11-2-1-5(13)10-9(11)16;7-1-3(9)5(10)6(11)4(2-8)17-20(15,16)18-19(12,13)14;1-5(2,3)4/h1-2,4,6-8,12,14-15H,3H2,(H,10,13,16);2-7,9-11H,1H2,(H,15,16)(H2,12,13,14);(H3,1,2,3,4)/t4-,6-,7-,8-;;/m1../s1. The summed E-state index contributed by atoms with van der Waals surface area (Å²) in [4.78, 5) is 82.0. The molecule has 14 N–H and O–H groups in total. The molecule has 0 saturated carbocycles. The zero-order valence-electron chi connectivity index (χ0n) is 20.5. The molecule has 27 heteroatoms. The van der Waals surface area contributed by atoms with E-state index in [0.29, 0.717) is 0 Å². The summed E-state index contributed by atoms with van der Waals surface area (Å²) in [6.45, 7) is -1.48. The zero-order chi connectivity index (χ0) is 33.2. The van der Waals surface area contributed by atoms with Crippen molar-refractivity contribution in [3.63, 3.8) is 0 Å². The molecule has 2 rings (SSSR count). The molecule has 1 aliphatic rings. The normalized spacial score (nSPS) is 25.0. The van der Waals surface area contributed by atoms with Crippen LogP contribution in [0.4, 0.5) is 0 Å². The first kappa shape index (κ1) is 40.4. The van der Waals surface area contributed by atoms with Gasteiger partial charge < -0.3 is 74.6 Å². The quantitative estimate of drug-likeness (QED) is 0.0761. The molecule has 9 atom stereocenters. The number of phosphoric acid groups is 3. The van der Waals surface area contributed by atoms with Crippen LogP contribution in [-0.4, -0.2) is 137 Å². The molecule has 0 amide bonds. The van der Waals surface area contributed by atoms with Crippen LogP contribution < -0.4 is 11.2 Å². The number of aliphatic hydroxyl groups is 7. The van der Waals surface area contributed by atoms with Gasteiger partial charge in [0, 0.05) is 12.3 Å². The van der Waals surface area contributed by atoms with Crippen LogP contribution in [0.25, 0.3) is 0 Å². The Morgan fingerprint density at radius 2 is 1.50 bits per heavy atom. The lowest BCUT2D eigenvalue weighted by atomic mass is 10.0. The molecule has 1 aromatic rings. The number of rotatable bonds is 11. The first-order chi connectivity index (χ1) is 19.0. The topological polar surface area (TPSA) is 414 Å². The highest BCUT2D eigenvalue weighted by Crippen LogP contribution is 2.58. The lowest BCUT2D eigenvalue weighted by molar-refractivity contribution is -0.134. The number of hydrogen-bond donors (Lipinski definition) is 14. The van der Waals surface area contributed by atoms with E-state index in [2.05, 4.69) is 8.83 Å². The third kappa shape index (κ3) is 14.7. The molecule has 0 radical (unpaired) electrons. The van der Waals surface area contributed by atoms with Crippen LogP contribution in [-0.2, 0) is 32.1 Å². The van der Waals surface area contributed by atoms with Crippen molar-refractivity contribution in [1.82, 2.24) is 9.55 Å². The predicted molar refractivity (Wildman–Crippen MR) is 128 cm³/mol. The second-order valence-electron chi connectivity index (χ2n) is 7.74. The van der Waals surface area contributed by atoms with Crippen molar-refractivity contribution in [1.29, 1.82) is 0 Å². The number of nitrogens with zero attached hydrogens (tertiary/aromatic N) is 1. The van der Waals surface area contributed by atoms with Crippen LogP contribution in [0.1, 0.15) is 6.23 Å². The van der Waals surface area contributed by atoms with Crippen molar-refractivity contribution < 1.29 is 97.2 Å². The molecular weight excluding hydrogens is 653 g/mol.